The van der Waals surface area contributed by atoms with E-state index in [0.29, 0.717) is 13.2 Å². The number of hydrogen-bond acceptors (Lipinski definition) is 4. The van der Waals surface area contributed by atoms with Crippen molar-refractivity contribution in [2.45, 2.75) is 44.4 Å². The highest BCUT2D eigenvalue weighted by Gasteiger charge is 2.23. The topological polar surface area (TPSA) is 32.7 Å². The normalized spacial score (nSPS) is 22.0. The zero-order chi connectivity index (χ0) is 16.4. The maximum atomic E-state index is 10.4. The Kier molecular flexibility index (Phi) is 4.99. The van der Waals surface area contributed by atoms with E-state index >= 15 is 0 Å². The van der Waals surface area contributed by atoms with Crippen molar-refractivity contribution in [2.24, 2.45) is 0 Å². The number of aliphatic hydroxyl groups excluding tert-OH is 1. The van der Waals surface area contributed by atoms with Crippen molar-refractivity contribution in [1.82, 2.24) is 4.90 Å². The van der Waals surface area contributed by atoms with Gasteiger partial charge in [0.1, 0.15) is 0 Å². The first kappa shape index (κ1) is 16.3. The largest absolute Gasteiger partial charge is 0.389 e. The zero-order valence-corrected chi connectivity index (χ0v) is 14.8. The number of nitrogens with zero attached hydrogens (tertiary/aromatic N) is 1. The van der Waals surface area contributed by atoms with E-state index in [2.05, 4.69) is 40.6 Å². The van der Waals surface area contributed by atoms with Crippen LogP contribution in [0.25, 0.3) is 0 Å². The van der Waals surface area contributed by atoms with Crippen LogP contribution in [0, 0.1) is 0 Å². The average molecular weight is 343 g/mol. The number of aliphatic hydroxyl groups is 1. The van der Waals surface area contributed by atoms with Crippen molar-refractivity contribution in [1.29, 1.82) is 0 Å². The summed E-state index contributed by atoms with van der Waals surface area (Å²) in [7, 11) is 0. The SMILES string of the molecule is O[C@H](CO[C@H]1CCCc2ccccc21)CN1CCc2sccc2C1. The van der Waals surface area contributed by atoms with Gasteiger partial charge in [-0.1, -0.05) is 24.3 Å². The predicted octanol–water partition coefficient (Wildman–Crippen LogP) is 3.56. The number of hydrogen-bond donors (Lipinski definition) is 1. The summed E-state index contributed by atoms with van der Waals surface area (Å²) in [5, 5.41) is 12.6. The summed E-state index contributed by atoms with van der Waals surface area (Å²) in [4.78, 5) is 3.86. The van der Waals surface area contributed by atoms with Gasteiger partial charge in [-0.15, -0.1) is 11.3 Å². The highest BCUT2D eigenvalue weighted by atomic mass is 32.1. The fourth-order valence-electron chi connectivity index (χ4n) is 3.92. The third-order valence-corrected chi connectivity index (χ3v) is 6.18. The van der Waals surface area contributed by atoms with Gasteiger partial charge in [0.2, 0.25) is 0 Å². The summed E-state index contributed by atoms with van der Waals surface area (Å²) < 4.78 is 6.09. The van der Waals surface area contributed by atoms with Crippen molar-refractivity contribution in [3.05, 3.63) is 57.3 Å². The third kappa shape index (κ3) is 3.57. The van der Waals surface area contributed by atoms with Gasteiger partial charge in [0.15, 0.2) is 0 Å². The Morgan fingerprint density at radius 3 is 3.08 bits per heavy atom. The van der Waals surface area contributed by atoms with Crippen LogP contribution in [0.4, 0.5) is 0 Å². The van der Waals surface area contributed by atoms with E-state index in [1.54, 1.807) is 0 Å². The lowest BCUT2D eigenvalue weighted by Crippen LogP contribution is -2.38. The molecule has 2 heterocycles. The predicted molar refractivity (Wildman–Crippen MR) is 97.4 cm³/mol. The molecule has 0 spiro atoms. The van der Waals surface area contributed by atoms with Crippen molar-refractivity contribution in [2.75, 3.05) is 19.7 Å². The minimum atomic E-state index is -0.417. The molecule has 0 bridgehead atoms. The van der Waals surface area contributed by atoms with E-state index in [1.807, 2.05) is 11.3 Å². The number of rotatable bonds is 5. The summed E-state index contributed by atoms with van der Waals surface area (Å²) in [5.41, 5.74) is 4.15. The quantitative estimate of drug-likeness (QED) is 0.901. The lowest BCUT2D eigenvalue weighted by molar-refractivity contribution is -0.0293. The fourth-order valence-corrected chi connectivity index (χ4v) is 4.81. The molecular formula is C20H25NO2S. The van der Waals surface area contributed by atoms with E-state index in [-0.39, 0.29) is 6.10 Å². The Morgan fingerprint density at radius 2 is 2.12 bits per heavy atom. The van der Waals surface area contributed by atoms with Crippen LogP contribution in [0.3, 0.4) is 0 Å². The number of aryl methyl sites for hydroxylation is 1. The zero-order valence-electron chi connectivity index (χ0n) is 14.0. The first-order chi connectivity index (χ1) is 11.8. The molecule has 0 saturated heterocycles. The van der Waals surface area contributed by atoms with Crippen LogP contribution in [0.5, 0.6) is 0 Å². The Hall–Kier alpha value is -1.20. The van der Waals surface area contributed by atoms with Gasteiger partial charge in [0, 0.05) is 24.5 Å². The highest BCUT2D eigenvalue weighted by molar-refractivity contribution is 7.10. The maximum Gasteiger partial charge on any atom is 0.0900 e. The Balaban J connectivity index is 1.29. The number of benzene rings is 1. The van der Waals surface area contributed by atoms with E-state index in [9.17, 15) is 5.11 Å². The van der Waals surface area contributed by atoms with Crippen molar-refractivity contribution in [3.63, 3.8) is 0 Å². The minimum absolute atomic E-state index is 0.148. The number of thiophene rings is 1. The van der Waals surface area contributed by atoms with Crippen molar-refractivity contribution < 1.29 is 9.84 Å². The average Bonchev–Trinajstić information content (AvgIpc) is 3.07. The van der Waals surface area contributed by atoms with Crippen LogP contribution in [0.2, 0.25) is 0 Å². The van der Waals surface area contributed by atoms with Crippen LogP contribution in [-0.4, -0.2) is 35.8 Å². The second kappa shape index (κ2) is 7.36. The minimum Gasteiger partial charge on any atom is -0.389 e. The van der Waals surface area contributed by atoms with E-state index < -0.39 is 6.10 Å². The molecule has 3 nitrogen and oxygen atoms in total. The first-order valence-electron chi connectivity index (χ1n) is 8.94. The Labute approximate surface area is 147 Å². The van der Waals surface area contributed by atoms with Gasteiger partial charge >= 0.3 is 0 Å². The molecular weight excluding hydrogens is 318 g/mol. The first-order valence-corrected chi connectivity index (χ1v) is 9.82. The number of ether oxygens (including phenoxy) is 1. The molecule has 0 saturated carbocycles. The van der Waals surface area contributed by atoms with Crippen LogP contribution in [-0.2, 0) is 24.1 Å². The lowest BCUT2D eigenvalue weighted by atomic mass is 9.89. The molecule has 2 aromatic rings. The molecule has 4 rings (SSSR count). The molecule has 1 aromatic carbocycles. The van der Waals surface area contributed by atoms with E-state index in [0.717, 1.165) is 32.4 Å². The van der Waals surface area contributed by atoms with Crippen LogP contribution < -0.4 is 0 Å². The second-order valence-electron chi connectivity index (χ2n) is 6.92. The van der Waals surface area contributed by atoms with Gasteiger partial charge in [-0.25, -0.2) is 0 Å². The molecule has 2 aliphatic rings. The van der Waals surface area contributed by atoms with Gasteiger partial charge in [-0.2, -0.15) is 0 Å². The molecule has 24 heavy (non-hydrogen) atoms. The van der Waals surface area contributed by atoms with Gasteiger partial charge in [0.05, 0.1) is 18.8 Å². The molecule has 0 amide bonds. The summed E-state index contributed by atoms with van der Waals surface area (Å²) in [6.45, 7) is 3.12. The summed E-state index contributed by atoms with van der Waals surface area (Å²) in [6.07, 6.45) is 4.22. The standard InChI is InChI=1S/C20H25NO2S/c22-17(13-21-10-8-20-16(12-21)9-11-24-20)14-23-19-7-3-5-15-4-1-2-6-18(15)19/h1-2,4,6,9,11,17,19,22H,3,5,7-8,10,12-14H2/t17-,19-/m0/s1. The highest BCUT2D eigenvalue weighted by Crippen LogP contribution is 2.32. The summed E-state index contributed by atoms with van der Waals surface area (Å²) >= 11 is 1.85. The molecule has 0 radical (unpaired) electrons. The van der Waals surface area contributed by atoms with Crippen molar-refractivity contribution >= 4 is 11.3 Å². The number of β-amino-alcohol motifs (C(OH)–C–C–N with tert-alkyl or cyclic N) is 1. The molecule has 2 atom stereocenters. The van der Waals surface area contributed by atoms with E-state index in [1.165, 1.54) is 28.0 Å². The maximum absolute atomic E-state index is 10.4. The number of fused-ring (bicyclic) bond motifs is 2. The van der Waals surface area contributed by atoms with E-state index in [4.69, 9.17) is 4.74 Å². The Bertz CT molecular complexity index is 684. The van der Waals surface area contributed by atoms with Gasteiger partial charge in [-0.05, 0) is 53.8 Å². The molecule has 128 valence electrons. The molecule has 1 N–H and O–H groups in total. The lowest BCUT2D eigenvalue weighted by Gasteiger charge is -2.30. The smallest absolute Gasteiger partial charge is 0.0900 e. The molecule has 1 aliphatic carbocycles. The fraction of sp³-hybridized carbons (Fsp3) is 0.500. The molecule has 0 unspecified atom stereocenters. The van der Waals surface area contributed by atoms with Crippen LogP contribution in [0.15, 0.2) is 35.7 Å². The van der Waals surface area contributed by atoms with Crippen LogP contribution in [0.1, 0.15) is 40.5 Å². The van der Waals surface area contributed by atoms with Crippen molar-refractivity contribution in [3.8, 4) is 0 Å². The van der Waals surface area contributed by atoms with Gasteiger partial charge in [0.25, 0.3) is 0 Å². The molecule has 4 heteroatoms. The molecule has 1 aromatic heterocycles. The Morgan fingerprint density at radius 1 is 1.21 bits per heavy atom. The third-order valence-electron chi connectivity index (χ3n) is 5.16. The summed E-state index contributed by atoms with van der Waals surface area (Å²) in [6, 6.07) is 10.8. The molecule has 1 aliphatic heterocycles. The van der Waals surface area contributed by atoms with Crippen LogP contribution >= 0.6 is 11.3 Å². The monoisotopic (exact) mass is 343 g/mol. The summed E-state index contributed by atoms with van der Waals surface area (Å²) in [5.74, 6) is 0. The van der Waals surface area contributed by atoms with Gasteiger partial charge in [-0.3, -0.25) is 4.90 Å². The molecule has 0 fully saturated rings. The second-order valence-corrected chi connectivity index (χ2v) is 7.92. The van der Waals surface area contributed by atoms with Gasteiger partial charge < -0.3 is 9.84 Å².